The molecule has 0 spiro atoms. The minimum atomic E-state index is -0.925. The second kappa shape index (κ2) is 15.0. The van der Waals surface area contributed by atoms with Crippen LogP contribution in [0.2, 0.25) is 0 Å². The second-order valence-electron chi connectivity index (χ2n) is 10.3. The highest BCUT2D eigenvalue weighted by Crippen LogP contribution is 2.41. The summed E-state index contributed by atoms with van der Waals surface area (Å²) in [6.07, 6.45) is 6.38. The Morgan fingerprint density at radius 1 is 0.842 bits per heavy atom. The fraction of sp³-hybridized carbons (Fsp3) is 0.559. The van der Waals surface area contributed by atoms with E-state index in [1.165, 1.54) is 11.1 Å². The second-order valence-corrected chi connectivity index (χ2v) is 10.3. The molecule has 0 heterocycles. The van der Waals surface area contributed by atoms with E-state index in [0.717, 1.165) is 54.5 Å². The molecule has 0 bridgehead atoms. The van der Waals surface area contributed by atoms with E-state index in [2.05, 4.69) is 75.9 Å². The Morgan fingerprint density at radius 3 is 2.03 bits per heavy atom. The van der Waals surface area contributed by atoms with Crippen molar-refractivity contribution < 1.29 is 19.4 Å². The van der Waals surface area contributed by atoms with E-state index >= 15 is 0 Å². The van der Waals surface area contributed by atoms with Gasteiger partial charge in [0.2, 0.25) is 0 Å². The van der Waals surface area contributed by atoms with Crippen molar-refractivity contribution in [1.82, 2.24) is 0 Å². The summed E-state index contributed by atoms with van der Waals surface area (Å²) in [5.41, 5.74) is 4.81. The average Bonchev–Trinajstić information content (AvgIpc) is 2.92. The molecule has 0 radical (unpaired) electrons. The largest absolute Gasteiger partial charge is 0.493 e. The minimum absolute atomic E-state index is 0.0965. The Hall–Kier alpha value is -2.77. The fourth-order valence-electron chi connectivity index (χ4n) is 5.02. The first-order valence-corrected chi connectivity index (χ1v) is 14.4. The summed E-state index contributed by atoms with van der Waals surface area (Å²) in [4.78, 5) is 11.5. The molecule has 0 fully saturated rings. The van der Waals surface area contributed by atoms with Crippen LogP contribution in [0, 0.1) is 25.7 Å². The summed E-state index contributed by atoms with van der Waals surface area (Å²) in [6, 6.07) is 13.2. The highest BCUT2D eigenvalue weighted by atomic mass is 16.5. The smallest absolute Gasteiger partial charge is 0.305 e. The Morgan fingerprint density at radius 2 is 1.47 bits per heavy atom. The number of aliphatic hydroxyl groups is 1. The fourth-order valence-corrected chi connectivity index (χ4v) is 5.02. The number of ether oxygens (including phenoxy) is 2. The molecule has 0 amide bonds. The predicted octanol–water partition coefficient (Wildman–Crippen LogP) is 7.81. The van der Waals surface area contributed by atoms with Crippen LogP contribution < -0.4 is 4.74 Å². The number of unbranched alkanes of at least 4 members (excludes halogenated alkanes) is 2. The maximum absolute atomic E-state index is 11.5. The molecule has 2 aromatic carbocycles. The Bertz CT molecular complexity index is 1100. The van der Waals surface area contributed by atoms with Crippen LogP contribution in [-0.2, 0) is 14.9 Å². The predicted molar refractivity (Wildman–Crippen MR) is 157 cm³/mol. The molecule has 2 aromatic rings. The van der Waals surface area contributed by atoms with Gasteiger partial charge in [-0.1, -0.05) is 63.8 Å². The van der Waals surface area contributed by atoms with E-state index in [4.69, 9.17) is 9.47 Å². The molecule has 0 saturated carbocycles. The molecule has 0 aliphatic heterocycles. The molecule has 0 unspecified atom stereocenters. The van der Waals surface area contributed by atoms with Gasteiger partial charge in [0, 0.05) is 17.4 Å². The first-order valence-electron chi connectivity index (χ1n) is 14.4. The van der Waals surface area contributed by atoms with Crippen LogP contribution in [0.1, 0.15) is 114 Å². The third-order valence-corrected chi connectivity index (χ3v) is 7.90. The van der Waals surface area contributed by atoms with Crippen molar-refractivity contribution in [2.45, 2.75) is 111 Å². The van der Waals surface area contributed by atoms with Gasteiger partial charge in [-0.2, -0.15) is 0 Å². The third kappa shape index (κ3) is 8.11. The van der Waals surface area contributed by atoms with Gasteiger partial charge < -0.3 is 14.6 Å². The van der Waals surface area contributed by atoms with Crippen molar-refractivity contribution in [1.29, 1.82) is 0 Å². The molecule has 4 nitrogen and oxygen atoms in total. The van der Waals surface area contributed by atoms with Gasteiger partial charge in [0.25, 0.3) is 0 Å². The quantitative estimate of drug-likeness (QED) is 0.157. The van der Waals surface area contributed by atoms with Crippen LogP contribution in [0.25, 0.3) is 0 Å². The van der Waals surface area contributed by atoms with E-state index in [1.807, 2.05) is 20.8 Å². The number of carbonyl (C=O) groups is 1. The van der Waals surface area contributed by atoms with Crippen LogP contribution in [0.5, 0.6) is 5.75 Å². The number of rotatable bonds is 14. The molecule has 208 valence electrons. The van der Waals surface area contributed by atoms with Gasteiger partial charge in [0.1, 0.15) is 11.4 Å². The first-order chi connectivity index (χ1) is 18.2. The number of benzene rings is 2. The van der Waals surface area contributed by atoms with Crippen molar-refractivity contribution in [3.8, 4) is 17.6 Å². The summed E-state index contributed by atoms with van der Waals surface area (Å²) in [5, 5.41) is 10.6. The molecule has 0 aromatic heterocycles. The van der Waals surface area contributed by atoms with E-state index < -0.39 is 5.60 Å². The normalized spacial score (nSPS) is 11.6. The maximum Gasteiger partial charge on any atom is 0.305 e. The maximum atomic E-state index is 11.5. The zero-order chi connectivity index (χ0) is 28.2. The third-order valence-electron chi connectivity index (χ3n) is 7.90. The number of aryl methyl sites for hydroxylation is 2. The van der Waals surface area contributed by atoms with Gasteiger partial charge in [-0.3, -0.25) is 4.79 Å². The van der Waals surface area contributed by atoms with Crippen LogP contribution in [0.4, 0.5) is 0 Å². The molecular formula is C34H48O4. The SMILES string of the molecule is CCOC(=O)CCCCCOc1ccc(C(CC)(CC)c2ccc(C#CC(O)(CC)CC)c(C)c2)cc1C. The van der Waals surface area contributed by atoms with E-state index in [-0.39, 0.29) is 11.4 Å². The van der Waals surface area contributed by atoms with Crippen molar-refractivity contribution >= 4 is 5.97 Å². The lowest BCUT2D eigenvalue weighted by molar-refractivity contribution is -0.143. The van der Waals surface area contributed by atoms with Crippen molar-refractivity contribution in [3.63, 3.8) is 0 Å². The first kappa shape index (κ1) is 31.4. The Balaban J connectivity index is 2.16. The topological polar surface area (TPSA) is 55.8 Å². The minimum Gasteiger partial charge on any atom is -0.493 e. The standard InChI is InChI=1S/C34H48O4/c1-8-33(36,9-2)22-21-28-17-18-29(24-26(28)6)34(10-3,11-4)30-19-20-31(27(7)25-30)38-23-15-13-14-16-32(35)37-12-5/h17-20,24-25,36H,8-16,23H2,1-7H3. The summed E-state index contributed by atoms with van der Waals surface area (Å²) >= 11 is 0. The van der Waals surface area contributed by atoms with Crippen LogP contribution in [0.15, 0.2) is 36.4 Å². The van der Waals surface area contributed by atoms with Crippen LogP contribution in [0.3, 0.4) is 0 Å². The molecule has 1 N–H and O–H groups in total. The van der Waals surface area contributed by atoms with Crippen molar-refractivity contribution in [2.75, 3.05) is 13.2 Å². The summed E-state index contributed by atoms with van der Waals surface area (Å²) in [6.45, 7) is 15.6. The van der Waals surface area contributed by atoms with E-state index in [0.29, 0.717) is 32.5 Å². The van der Waals surface area contributed by atoms with E-state index in [9.17, 15) is 9.90 Å². The van der Waals surface area contributed by atoms with Gasteiger partial charge >= 0.3 is 5.97 Å². The molecule has 0 aliphatic carbocycles. The molecule has 0 saturated heterocycles. The number of hydrogen-bond donors (Lipinski definition) is 1. The molecule has 4 heteroatoms. The van der Waals surface area contributed by atoms with Crippen molar-refractivity contribution in [3.05, 3.63) is 64.2 Å². The monoisotopic (exact) mass is 520 g/mol. The highest BCUT2D eigenvalue weighted by Gasteiger charge is 2.31. The highest BCUT2D eigenvalue weighted by molar-refractivity contribution is 5.69. The summed E-state index contributed by atoms with van der Waals surface area (Å²) < 4.78 is 11.1. The molecule has 0 atom stereocenters. The Kier molecular flexibility index (Phi) is 12.4. The van der Waals surface area contributed by atoms with Gasteiger partial charge in [0.05, 0.1) is 13.2 Å². The molecular weight excluding hydrogens is 472 g/mol. The number of esters is 1. The van der Waals surface area contributed by atoms with Gasteiger partial charge in [-0.15, -0.1) is 0 Å². The molecule has 0 aliphatic rings. The van der Waals surface area contributed by atoms with Gasteiger partial charge in [-0.25, -0.2) is 0 Å². The number of hydrogen-bond acceptors (Lipinski definition) is 4. The molecule has 2 rings (SSSR count). The zero-order valence-electron chi connectivity index (χ0n) is 24.7. The van der Waals surface area contributed by atoms with Crippen LogP contribution >= 0.6 is 0 Å². The lowest BCUT2D eigenvalue weighted by atomic mass is 9.70. The zero-order valence-corrected chi connectivity index (χ0v) is 24.7. The lowest BCUT2D eigenvalue weighted by Crippen LogP contribution is -2.26. The summed E-state index contributed by atoms with van der Waals surface area (Å²) in [5.74, 6) is 7.12. The summed E-state index contributed by atoms with van der Waals surface area (Å²) in [7, 11) is 0. The molecule has 38 heavy (non-hydrogen) atoms. The van der Waals surface area contributed by atoms with Crippen LogP contribution in [-0.4, -0.2) is 29.9 Å². The number of carbonyl (C=O) groups excluding carboxylic acids is 1. The lowest BCUT2D eigenvalue weighted by Gasteiger charge is -2.34. The average molecular weight is 521 g/mol. The van der Waals surface area contributed by atoms with Gasteiger partial charge in [-0.05, 0) is 100 Å². The Labute approximate surface area is 231 Å². The van der Waals surface area contributed by atoms with E-state index in [1.54, 1.807) is 0 Å². The van der Waals surface area contributed by atoms with Crippen molar-refractivity contribution in [2.24, 2.45) is 0 Å². The van der Waals surface area contributed by atoms with Gasteiger partial charge in [0.15, 0.2) is 0 Å².